The molecule has 3 rings (SSSR count). The molecule has 0 aliphatic heterocycles. The van der Waals surface area contributed by atoms with Crippen molar-refractivity contribution in [2.45, 2.75) is 6.42 Å². The van der Waals surface area contributed by atoms with Crippen LogP contribution in [-0.4, -0.2) is 22.0 Å². The van der Waals surface area contributed by atoms with Crippen molar-refractivity contribution in [3.05, 3.63) is 65.9 Å². The smallest absolute Gasteiger partial charge is 0.307 e. The van der Waals surface area contributed by atoms with Crippen LogP contribution in [0.5, 0.6) is 0 Å². The predicted octanol–water partition coefficient (Wildman–Crippen LogP) is 3.05. The van der Waals surface area contributed by atoms with Crippen LogP contribution in [-0.2, 0) is 11.2 Å². The molecule has 5 nitrogen and oxygen atoms in total. The molecule has 0 unspecified atom stereocenters. The number of carbonyl (C=O) groups is 2. The van der Waals surface area contributed by atoms with Gasteiger partial charge in [0.15, 0.2) is 0 Å². The number of nitrogens with one attached hydrogen (secondary N) is 2. The number of amides is 1. The van der Waals surface area contributed by atoms with E-state index in [1.165, 1.54) is 0 Å². The van der Waals surface area contributed by atoms with Gasteiger partial charge in [-0.05, 0) is 42.0 Å². The number of rotatable bonds is 4. The van der Waals surface area contributed by atoms with Crippen molar-refractivity contribution in [3.8, 4) is 0 Å². The highest BCUT2D eigenvalue weighted by atomic mass is 16.4. The third-order valence-electron chi connectivity index (χ3n) is 3.36. The summed E-state index contributed by atoms with van der Waals surface area (Å²) in [7, 11) is 0. The number of fused-ring (bicyclic) bond motifs is 1. The van der Waals surface area contributed by atoms with E-state index >= 15 is 0 Å². The maximum Gasteiger partial charge on any atom is 0.307 e. The lowest BCUT2D eigenvalue weighted by Crippen LogP contribution is -2.12. The molecule has 3 N–H and O–H groups in total. The first-order valence-corrected chi connectivity index (χ1v) is 6.81. The Morgan fingerprint density at radius 3 is 2.77 bits per heavy atom. The third-order valence-corrected chi connectivity index (χ3v) is 3.36. The zero-order valence-corrected chi connectivity index (χ0v) is 11.7. The monoisotopic (exact) mass is 294 g/mol. The summed E-state index contributed by atoms with van der Waals surface area (Å²) in [5.74, 6) is -1.13. The van der Waals surface area contributed by atoms with Crippen molar-refractivity contribution in [3.63, 3.8) is 0 Å². The fourth-order valence-electron chi connectivity index (χ4n) is 2.33. The minimum Gasteiger partial charge on any atom is -0.481 e. The van der Waals surface area contributed by atoms with Crippen LogP contribution < -0.4 is 5.32 Å². The topological polar surface area (TPSA) is 82.2 Å². The number of aliphatic carboxylic acids is 1. The summed E-state index contributed by atoms with van der Waals surface area (Å²) < 4.78 is 0. The van der Waals surface area contributed by atoms with E-state index in [-0.39, 0.29) is 12.3 Å². The van der Waals surface area contributed by atoms with Gasteiger partial charge in [0.1, 0.15) is 0 Å². The molecule has 0 aliphatic rings. The minimum absolute atomic E-state index is 0.0704. The molecule has 0 atom stereocenters. The summed E-state index contributed by atoms with van der Waals surface area (Å²) in [6, 6.07) is 14.2. The average Bonchev–Trinajstić information content (AvgIpc) is 2.94. The summed E-state index contributed by atoms with van der Waals surface area (Å²) in [5, 5.41) is 12.6. The summed E-state index contributed by atoms with van der Waals surface area (Å²) in [6.07, 6.45) is 1.75. The van der Waals surface area contributed by atoms with E-state index in [0.717, 1.165) is 10.9 Å². The van der Waals surface area contributed by atoms with Crippen LogP contribution in [0.4, 0.5) is 5.69 Å². The van der Waals surface area contributed by atoms with Crippen LogP contribution in [0, 0.1) is 0 Å². The maximum atomic E-state index is 12.3. The van der Waals surface area contributed by atoms with Gasteiger partial charge in [0.25, 0.3) is 5.91 Å². The lowest BCUT2D eigenvalue weighted by molar-refractivity contribution is -0.136. The van der Waals surface area contributed by atoms with Gasteiger partial charge in [0, 0.05) is 28.4 Å². The Hall–Kier alpha value is -3.08. The van der Waals surface area contributed by atoms with Gasteiger partial charge in [0.05, 0.1) is 6.42 Å². The lowest BCUT2D eigenvalue weighted by atomic mass is 10.1. The number of aromatic amines is 1. The zero-order valence-electron chi connectivity index (χ0n) is 11.7. The number of carboxylic acids is 1. The Bertz CT molecular complexity index is 852. The van der Waals surface area contributed by atoms with Gasteiger partial charge in [-0.2, -0.15) is 0 Å². The Labute approximate surface area is 126 Å². The molecule has 0 bridgehead atoms. The highest BCUT2D eigenvalue weighted by Crippen LogP contribution is 2.17. The van der Waals surface area contributed by atoms with Gasteiger partial charge < -0.3 is 15.4 Å². The summed E-state index contributed by atoms with van der Waals surface area (Å²) in [5.41, 5.74) is 2.75. The quantitative estimate of drug-likeness (QED) is 0.691. The van der Waals surface area contributed by atoms with Crippen molar-refractivity contribution in [2.24, 2.45) is 0 Å². The van der Waals surface area contributed by atoms with E-state index in [1.807, 2.05) is 24.4 Å². The third kappa shape index (κ3) is 2.98. The van der Waals surface area contributed by atoms with Gasteiger partial charge in [0.2, 0.25) is 0 Å². The van der Waals surface area contributed by atoms with Crippen molar-refractivity contribution >= 4 is 28.5 Å². The predicted molar refractivity (Wildman–Crippen MR) is 84.0 cm³/mol. The first-order chi connectivity index (χ1) is 10.6. The van der Waals surface area contributed by atoms with Gasteiger partial charge in [-0.15, -0.1) is 0 Å². The molecule has 0 saturated carbocycles. The number of carboxylic acid groups (broad SMARTS) is 1. The van der Waals surface area contributed by atoms with Crippen LogP contribution in [0.15, 0.2) is 54.7 Å². The van der Waals surface area contributed by atoms with E-state index in [4.69, 9.17) is 5.11 Å². The number of anilines is 1. The molecule has 2 aromatic carbocycles. The molecule has 3 aromatic rings. The second-order valence-electron chi connectivity index (χ2n) is 5.00. The van der Waals surface area contributed by atoms with Crippen molar-refractivity contribution in [1.29, 1.82) is 0 Å². The largest absolute Gasteiger partial charge is 0.481 e. The molecular formula is C17H14N2O3. The molecule has 0 radical (unpaired) electrons. The molecule has 0 aliphatic carbocycles. The Morgan fingerprint density at radius 1 is 1.09 bits per heavy atom. The van der Waals surface area contributed by atoms with Gasteiger partial charge in [-0.25, -0.2) is 0 Å². The highest BCUT2D eigenvalue weighted by molar-refractivity contribution is 6.06. The Balaban J connectivity index is 1.79. The van der Waals surface area contributed by atoms with Crippen LogP contribution in [0.25, 0.3) is 10.9 Å². The van der Waals surface area contributed by atoms with Crippen LogP contribution in [0.3, 0.4) is 0 Å². The van der Waals surface area contributed by atoms with Crippen LogP contribution >= 0.6 is 0 Å². The van der Waals surface area contributed by atoms with Gasteiger partial charge >= 0.3 is 5.97 Å². The fourth-order valence-corrected chi connectivity index (χ4v) is 2.33. The molecule has 0 fully saturated rings. The van der Waals surface area contributed by atoms with Crippen molar-refractivity contribution in [2.75, 3.05) is 5.32 Å². The molecule has 1 amide bonds. The van der Waals surface area contributed by atoms with Gasteiger partial charge in [-0.1, -0.05) is 12.1 Å². The number of benzene rings is 2. The number of hydrogen-bond acceptors (Lipinski definition) is 2. The van der Waals surface area contributed by atoms with Crippen molar-refractivity contribution < 1.29 is 14.7 Å². The standard InChI is InChI=1S/C17H14N2O3/c20-16(21)9-11-2-1-3-14(8-11)19-17(22)13-4-5-15-12(10-13)6-7-18-15/h1-8,10,18H,9H2,(H,19,22)(H,20,21). The second kappa shape index (κ2) is 5.73. The van der Waals surface area contributed by atoms with E-state index in [9.17, 15) is 9.59 Å². The molecule has 110 valence electrons. The summed E-state index contributed by atoms with van der Waals surface area (Å²) in [6.45, 7) is 0. The van der Waals surface area contributed by atoms with E-state index in [1.54, 1.807) is 30.3 Å². The van der Waals surface area contributed by atoms with Gasteiger partial charge in [-0.3, -0.25) is 9.59 Å². The molecular weight excluding hydrogens is 280 g/mol. The highest BCUT2D eigenvalue weighted by Gasteiger charge is 2.08. The lowest BCUT2D eigenvalue weighted by Gasteiger charge is -2.07. The second-order valence-corrected chi connectivity index (χ2v) is 5.00. The number of hydrogen-bond donors (Lipinski definition) is 3. The van der Waals surface area contributed by atoms with E-state index in [0.29, 0.717) is 16.8 Å². The molecule has 5 heteroatoms. The van der Waals surface area contributed by atoms with Crippen LogP contribution in [0.1, 0.15) is 15.9 Å². The number of H-pyrrole nitrogens is 1. The minimum atomic E-state index is -0.901. The molecule has 0 spiro atoms. The Kier molecular flexibility index (Phi) is 3.62. The average molecular weight is 294 g/mol. The Morgan fingerprint density at radius 2 is 1.95 bits per heavy atom. The summed E-state index contributed by atoms with van der Waals surface area (Å²) >= 11 is 0. The van der Waals surface area contributed by atoms with Crippen molar-refractivity contribution in [1.82, 2.24) is 4.98 Å². The number of aromatic nitrogens is 1. The van der Waals surface area contributed by atoms with E-state index < -0.39 is 5.97 Å². The first-order valence-electron chi connectivity index (χ1n) is 6.81. The fraction of sp³-hybridized carbons (Fsp3) is 0.0588. The SMILES string of the molecule is O=C(O)Cc1cccc(NC(=O)c2ccc3[nH]ccc3c2)c1. The zero-order chi connectivity index (χ0) is 15.5. The first kappa shape index (κ1) is 13.9. The molecule has 22 heavy (non-hydrogen) atoms. The summed E-state index contributed by atoms with van der Waals surface area (Å²) in [4.78, 5) is 26.1. The van der Waals surface area contributed by atoms with Crippen LogP contribution in [0.2, 0.25) is 0 Å². The molecule has 1 heterocycles. The normalized spacial score (nSPS) is 10.5. The van der Waals surface area contributed by atoms with E-state index in [2.05, 4.69) is 10.3 Å². The molecule has 1 aromatic heterocycles. The molecule has 0 saturated heterocycles. The maximum absolute atomic E-state index is 12.3. The number of carbonyl (C=O) groups excluding carboxylic acids is 1.